The first kappa shape index (κ1) is 28.8. The molecule has 0 bridgehead atoms. The number of esters is 1. The summed E-state index contributed by atoms with van der Waals surface area (Å²) in [5.41, 5.74) is 3.32. The van der Waals surface area contributed by atoms with Gasteiger partial charge in [-0.15, -0.1) is 0 Å². The number of anilines is 1. The second kappa shape index (κ2) is 13.2. The van der Waals surface area contributed by atoms with E-state index in [4.69, 9.17) is 4.74 Å². The third-order valence-corrected chi connectivity index (χ3v) is 6.36. The molecule has 10 nitrogen and oxygen atoms in total. The van der Waals surface area contributed by atoms with Gasteiger partial charge < -0.3 is 15.4 Å². The number of ether oxygens (including phenoxy) is 1. The van der Waals surface area contributed by atoms with Crippen LogP contribution in [0.15, 0.2) is 90.5 Å². The summed E-state index contributed by atoms with van der Waals surface area (Å²) in [4.78, 5) is 50.9. The third kappa shape index (κ3) is 6.85. The third-order valence-electron chi connectivity index (χ3n) is 6.36. The molecule has 0 spiro atoms. The Morgan fingerprint density at radius 3 is 2.32 bits per heavy atom. The van der Waals surface area contributed by atoms with Crippen molar-refractivity contribution >= 4 is 41.1 Å². The molecule has 1 heterocycles. The van der Waals surface area contributed by atoms with Crippen molar-refractivity contribution < 1.29 is 24.0 Å². The Morgan fingerprint density at radius 2 is 1.71 bits per heavy atom. The van der Waals surface area contributed by atoms with Gasteiger partial charge in [0.25, 0.3) is 5.69 Å². The zero-order valence-electron chi connectivity index (χ0n) is 22.7. The van der Waals surface area contributed by atoms with E-state index < -0.39 is 22.8 Å². The molecule has 10 heteroatoms. The van der Waals surface area contributed by atoms with Crippen LogP contribution in [-0.4, -0.2) is 40.9 Å². The van der Waals surface area contributed by atoms with Crippen molar-refractivity contribution in [3.05, 3.63) is 117 Å². The average Bonchev–Trinajstić information content (AvgIpc) is 2.98. The summed E-state index contributed by atoms with van der Waals surface area (Å²) in [5.74, 6) is -0.915. The van der Waals surface area contributed by atoms with Crippen LogP contribution >= 0.6 is 0 Å². The quantitative estimate of drug-likeness (QED) is 0.143. The first-order valence-corrected chi connectivity index (χ1v) is 13.2. The van der Waals surface area contributed by atoms with E-state index in [0.717, 1.165) is 5.56 Å². The van der Waals surface area contributed by atoms with Crippen molar-refractivity contribution in [3.8, 4) is 0 Å². The van der Waals surface area contributed by atoms with Crippen molar-refractivity contribution in [1.82, 2.24) is 10.2 Å². The van der Waals surface area contributed by atoms with Crippen LogP contribution < -0.4 is 10.6 Å². The number of nitrogens with zero attached hydrogens (tertiary/aromatic N) is 2. The lowest BCUT2D eigenvalue weighted by Gasteiger charge is -2.36. The van der Waals surface area contributed by atoms with Crippen molar-refractivity contribution in [2.45, 2.75) is 26.3 Å². The van der Waals surface area contributed by atoms with Crippen LogP contribution in [0.5, 0.6) is 0 Å². The van der Waals surface area contributed by atoms with Gasteiger partial charge in [0.1, 0.15) is 0 Å². The predicted octanol–water partition coefficient (Wildman–Crippen LogP) is 5.70. The van der Waals surface area contributed by atoms with Gasteiger partial charge in [-0.1, -0.05) is 49.4 Å². The first-order valence-electron chi connectivity index (χ1n) is 13.2. The largest absolute Gasteiger partial charge is 0.463 e. The Balaban J connectivity index is 1.60. The summed E-state index contributed by atoms with van der Waals surface area (Å²) < 4.78 is 5.43. The van der Waals surface area contributed by atoms with E-state index in [1.54, 1.807) is 54.3 Å². The normalized spacial score (nSPS) is 15.0. The van der Waals surface area contributed by atoms with Gasteiger partial charge in [-0.2, -0.15) is 0 Å². The smallest absolute Gasteiger partial charge is 0.338 e. The molecule has 41 heavy (non-hydrogen) atoms. The first-order chi connectivity index (χ1) is 19.8. The summed E-state index contributed by atoms with van der Waals surface area (Å²) in [6.07, 6.45) is 3.57. The molecule has 3 aromatic carbocycles. The summed E-state index contributed by atoms with van der Waals surface area (Å²) in [6.45, 7) is 4.29. The van der Waals surface area contributed by atoms with E-state index in [9.17, 15) is 24.5 Å². The van der Waals surface area contributed by atoms with E-state index in [-0.39, 0.29) is 18.3 Å². The maximum atomic E-state index is 13.3. The van der Waals surface area contributed by atoms with Gasteiger partial charge in [0, 0.05) is 30.4 Å². The zero-order valence-corrected chi connectivity index (χ0v) is 22.7. The highest BCUT2D eigenvalue weighted by atomic mass is 16.6. The lowest BCUT2D eigenvalue weighted by molar-refractivity contribution is -0.384. The molecular formula is C31H30N4O6. The van der Waals surface area contributed by atoms with Crippen molar-refractivity contribution in [2.75, 3.05) is 18.5 Å². The van der Waals surface area contributed by atoms with E-state index in [2.05, 4.69) is 10.6 Å². The number of amides is 3. The Kier molecular flexibility index (Phi) is 9.26. The molecule has 0 saturated carbocycles. The second-order valence-corrected chi connectivity index (χ2v) is 9.18. The Labute approximate surface area is 237 Å². The molecule has 0 radical (unpaired) electrons. The molecule has 1 aliphatic heterocycles. The van der Waals surface area contributed by atoms with Crippen molar-refractivity contribution in [2.24, 2.45) is 0 Å². The topological polar surface area (TPSA) is 131 Å². The van der Waals surface area contributed by atoms with Crippen LogP contribution in [0, 0.1) is 10.1 Å². The number of carbonyl (C=O) groups is 3. The van der Waals surface area contributed by atoms with Gasteiger partial charge >= 0.3 is 12.0 Å². The monoisotopic (exact) mass is 554 g/mol. The number of nitrogens with one attached hydrogen (secondary N) is 2. The molecule has 1 atom stereocenters. The van der Waals surface area contributed by atoms with Gasteiger partial charge in [-0.25, -0.2) is 9.59 Å². The van der Waals surface area contributed by atoms with Crippen LogP contribution in [0.25, 0.3) is 11.8 Å². The number of benzene rings is 3. The van der Waals surface area contributed by atoms with E-state index in [1.165, 1.54) is 18.2 Å². The van der Waals surface area contributed by atoms with Gasteiger partial charge in [-0.05, 0) is 60.4 Å². The van der Waals surface area contributed by atoms with Crippen LogP contribution in [0.4, 0.5) is 16.2 Å². The number of non-ortho nitro benzene ring substituents is 1. The highest BCUT2D eigenvalue weighted by Gasteiger charge is 2.38. The number of nitro groups is 1. The van der Waals surface area contributed by atoms with Gasteiger partial charge in [0.15, 0.2) is 0 Å². The number of carbonyl (C=O) groups excluding carboxylic acids is 3. The molecule has 0 fully saturated rings. The van der Waals surface area contributed by atoms with Crippen LogP contribution in [-0.2, 0) is 14.3 Å². The zero-order chi connectivity index (χ0) is 29.4. The standard InChI is InChI=1S/C31H30N4O6/c1-3-20-34-29(23-8-6-5-7-9-23)27(30(37)41-4-2)28(33-31(34)38)22-13-15-24(16-14-22)32-26(36)19-12-21-10-17-25(18-11-21)35(39)40/h5-19,28H,3-4,20H2,1-2H3,(H,32,36)(H,33,38)/b19-12+/t28-/m1/s1. The fraction of sp³-hybridized carbons (Fsp3) is 0.194. The second-order valence-electron chi connectivity index (χ2n) is 9.18. The summed E-state index contributed by atoms with van der Waals surface area (Å²) in [7, 11) is 0. The predicted molar refractivity (Wildman–Crippen MR) is 155 cm³/mol. The van der Waals surface area contributed by atoms with Crippen molar-refractivity contribution in [3.63, 3.8) is 0 Å². The summed E-state index contributed by atoms with van der Waals surface area (Å²) >= 11 is 0. The SMILES string of the molecule is CCCN1C(=O)N[C@H](c2ccc(NC(=O)/C=C/c3ccc([N+](=O)[O-])cc3)cc2)C(C(=O)OCC)=C1c1ccccc1. The maximum Gasteiger partial charge on any atom is 0.338 e. The molecule has 0 aliphatic carbocycles. The molecule has 3 amide bonds. The fourth-order valence-corrected chi connectivity index (χ4v) is 4.50. The lowest BCUT2D eigenvalue weighted by Crippen LogP contribution is -2.48. The Bertz CT molecular complexity index is 1480. The number of rotatable bonds is 10. The molecule has 210 valence electrons. The molecular weight excluding hydrogens is 524 g/mol. The molecule has 3 aromatic rings. The van der Waals surface area contributed by atoms with Gasteiger partial charge in [0.2, 0.25) is 5.91 Å². The minimum Gasteiger partial charge on any atom is -0.463 e. The van der Waals surface area contributed by atoms with Crippen LogP contribution in [0.3, 0.4) is 0 Å². The Morgan fingerprint density at radius 1 is 1.02 bits per heavy atom. The van der Waals surface area contributed by atoms with E-state index in [1.807, 2.05) is 37.3 Å². The fourth-order valence-electron chi connectivity index (χ4n) is 4.50. The number of urea groups is 1. The average molecular weight is 555 g/mol. The highest BCUT2D eigenvalue weighted by molar-refractivity contribution is 6.05. The summed E-state index contributed by atoms with van der Waals surface area (Å²) in [5, 5.41) is 16.5. The van der Waals surface area contributed by atoms with E-state index in [0.29, 0.717) is 41.1 Å². The maximum absolute atomic E-state index is 13.3. The molecule has 0 saturated heterocycles. The minimum absolute atomic E-state index is 0.0317. The molecule has 0 unspecified atom stereocenters. The number of hydrogen-bond donors (Lipinski definition) is 2. The molecule has 2 N–H and O–H groups in total. The molecule has 4 rings (SSSR count). The molecule has 1 aliphatic rings. The van der Waals surface area contributed by atoms with Gasteiger partial charge in [0.05, 0.1) is 28.8 Å². The molecule has 0 aromatic heterocycles. The lowest BCUT2D eigenvalue weighted by atomic mass is 9.91. The minimum atomic E-state index is -0.767. The highest BCUT2D eigenvalue weighted by Crippen LogP contribution is 2.37. The Hall–Kier alpha value is -5.25. The van der Waals surface area contributed by atoms with Crippen LogP contribution in [0.2, 0.25) is 0 Å². The number of nitro benzene ring substituents is 1. The van der Waals surface area contributed by atoms with Crippen LogP contribution in [0.1, 0.15) is 43.0 Å². The van der Waals surface area contributed by atoms with E-state index >= 15 is 0 Å². The van der Waals surface area contributed by atoms with Crippen molar-refractivity contribution in [1.29, 1.82) is 0 Å². The van der Waals surface area contributed by atoms with Gasteiger partial charge in [-0.3, -0.25) is 19.8 Å². The number of hydrogen-bond acceptors (Lipinski definition) is 6. The summed E-state index contributed by atoms with van der Waals surface area (Å²) in [6, 6.07) is 20.9.